The Hall–Kier alpha value is -8.60. The average Bonchev–Trinajstić information content (AvgIpc) is 4.00. The van der Waals surface area contributed by atoms with Gasteiger partial charge in [-0.05, 0) is 131 Å². The number of allylic oxidation sites excluding steroid dienone is 1. The van der Waals surface area contributed by atoms with Gasteiger partial charge in [-0.15, -0.1) is 6.58 Å². The lowest BCUT2D eigenvalue weighted by molar-refractivity contribution is 1.02. The van der Waals surface area contributed by atoms with Crippen LogP contribution in [0.15, 0.2) is 237 Å². The van der Waals surface area contributed by atoms with Crippen LogP contribution in [-0.4, -0.2) is 20.7 Å². The van der Waals surface area contributed by atoms with E-state index in [1.54, 1.807) is 6.08 Å². The summed E-state index contributed by atoms with van der Waals surface area (Å²) in [5, 5.41) is 13.2. The number of hydrogen-bond donors (Lipinski definition) is 1. The molecule has 10 aromatic carbocycles. The highest BCUT2D eigenvalue weighted by atomic mass is 15.0. The molecule has 0 aliphatic rings. The van der Waals surface area contributed by atoms with E-state index in [4.69, 9.17) is 0 Å². The topological polar surface area (TPSA) is 26.8 Å². The summed E-state index contributed by atoms with van der Waals surface area (Å²) < 4.78 is 7.15. The number of hydrogen-bond acceptors (Lipinski definition) is 1. The normalized spacial score (nSPS) is 11.3. The number of para-hydroxylation sites is 4. The Bertz CT molecular complexity index is 3930. The molecule has 0 radical (unpaired) electrons. The summed E-state index contributed by atoms with van der Waals surface area (Å²) >= 11 is 0. The van der Waals surface area contributed by atoms with Crippen LogP contribution >= 0.6 is 0 Å². The Morgan fingerprint density at radius 3 is 1.33 bits per heavy atom. The van der Waals surface area contributed by atoms with Crippen molar-refractivity contribution >= 4 is 81.9 Å². The molecule has 1 N–H and O–H groups in total. The van der Waals surface area contributed by atoms with Crippen molar-refractivity contribution in [3.63, 3.8) is 0 Å². The number of rotatable bonds is 5. The molecule has 0 amide bonds. The highest BCUT2D eigenvalue weighted by molar-refractivity contribution is 6.15. The standard InChI is InChI=1S/C53H35N3.C7H9N.C3H6/c1-54-48-26-22-36(30-46(48)47-28-34-12-8-9-13-35(34)31-51(47)54)37-23-27-50-45(29-37)44-25-21-39(33-53(44)56(50)41-16-6-3-7-17-41)38-20-24-43-42-18-10-11-19-49(42)55(52(43)32-38)40-14-4-2-5-15-40;1-8-7-5-3-2-4-6-7;1-3-2/h2-33H,1H3;2-6,8H,1H3;3H,1H2,2H3. The molecule has 67 heavy (non-hydrogen) atoms. The smallest absolute Gasteiger partial charge is 0.0547 e. The second-order valence-electron chi connectivity index (χ2n) is 17.1. The SMILES string of the molecule is C=CC.CNc1ccccc1.Cn1c2ccc(-c3ccc4c(c3)c3ccc(-c5ccc6c7ccccc7n(-c7ccccc7)c6c5)cc3n4-c3ccccc3)cc2c2cc3ccccc3cc21. The third-order valence-corrected chi connectivity index (χ3v) is 13.1. The number of aromatic nitrogens is 3. The molecule has 0 unspecified atom stereocenters. The lowest BCUT2D eigenvalue weighted by atomic mass is 9.99. The lowest BCUT2D eigenvalue weighted by Gasteiger charge is -2.10. The summed E-state index contributed by atoms with van der Waals surface area (Å²) in [6, 6.07) is 81.5. The lowest BCUT2D eigenvalue weighted by Crippen LogP contribution is -1.94. The Labute approximate surface area is 390 Å². The molecule has 0 saturated heterocycles. The first-order chi connectivity index (χ1) is 33.0. The van der Waals surface area contributed by atoms with Gasteiger partial charge in [-0.3, -0.25) is 0 Å². The van der Waals surface area contributed by atoms with E-state index in [-0.39, 0.29) is 0 Å². The molecule has 0 spiro atoms. The minimum Gasteiger partial charge on any atom is -0.388 e. The number of fused-ring (bicyclic) bond motifs is 10. The molecule has 0 aliphatic heterocycles. The number of nitrogens with one attached hydrogen (secondary N) is 1. The van der Waals surface area contributed by atoms with E-state index in [1.807, 2.05) is 44.3 Å². The van der Waals surface area contributed by atoms with Gasteiger partial charge in [-0.2, -0.15) is 0 Å². The third kappa shape index (κ3) is 7.30. The summed E-state index contributed by atoms with van der Waals surface area (Å²) in [7, 11) is 4.09. The number of aryl methyl sites for hydroxylation is 1. The van der Waals surface area contributed by atoms with E-state index < -0.39 is 0 Å². The van der Waals surface area contributed by atoms with E-state index in [0.29, 0.717) is 0 Å². The molecule has 0 fully saturated rings. The Morgan fingerprint density at radius 1 is 0.358 bits per heavy atom. The van der Waals surface area contributed by atoms with Gasteiger partial charge in [0.1, 0.15) is 0 Å². The van der Waals surface area contributed by atoms with E-state index >= 15 is 0 Å². The Balaban J connectivity index is 0.000000402. The maximum atomic E-state index is 3.36. The van der Waals surface area contributed by atoms with Crippen molar-refractivity contribution in [1.29, 1.82) is 0 Å². The van der Waals surface area contributed by atoms with Gasteiger partial charge in [0.25, 0.3) is 0 Å². The molecule has 3 aromatic heterocycles. The summed E-state index contributed by atoms with van der Waals surface area (Å²) in [4.78, 5) is 0. The molecular weight excluding hydrogens is 813 g/mol. The van der Waals surface area contributed by atoms with Gasteiger partial charge in [0.15, 0.2) is 0 Å². The fraction of sp³-hybridized carbons (Fsp3) is 0.0476. The van der Waals surface area contributed by atoms with Crippen LogP contribution in [0.2, 0.25) is 0 Å². The molecule has 0 bridgehead atoms. The van der Waals surface area contributed by atoms with Gasteiger partial charge in [0, 0.05) is 74.5 Å². The molecule has 4 heteroatoms. The fourth-order valence-electron chi connectivity index (χ4n) is 9.92. The molecule has 3 heterocycles. The first-order valence-electron chi connectivity index (χ1n) is 23.0. The maximum Gasteiger partial charge on any atom is 0.0547 e. The van der Waals surface area contributed by atoms with E-state index in [2.05, 4.69) is 227 Å². The molecule has 322 valence electrons. The Morgan fingerprint density at radius 2 is 0.761 bits per heavy atom. The van der Waals surface area contributed by atoms with Gasteiger partial charge in [0.2, 0.25) is 0 Å². The van der Waals surface area contributed by atoms with E-state index in [0.717, 1.165) is 11.4 Å². The molecule has 13 aromatic rings. The number of anilines is 1. The highest BCUT2D eigenvalue weighted by Crippen LogP contribution is 2.40. The van der Waals surface area contributed by atoms with Crippen LogP contribution in [-0.2, 0) is 7.05 Å². The van der Waals surface area contributed by atoms with Gasteiger partial charge < -0.3 is 19.0 Å². The van der Waals surface area contributed by atoms with Crippen LogP contribution in [0.25, 0.3) is 110 Å². The minimum absolute atomic E-state index is 1.15. The van der Waals surface area contributed by atoms with Gasteiger partial charge in [-0.1, -0.05) is 140 Å². The first-order valence-corrected chi connectivity index (χ1v) is 23.0. The zero-order valence-electron chi connectivity index (χ0n) is 38.0. The molecule has 0 atom stereocenters. The molecule has 13 rings (SSSR count). The van der Waals surface area contributed by atoms with E-state index in [1.165, 1.54) is 104 Å². The summed E-state index contributed by atoms with van der Waals surface area (Å²) in [6.45, 7) is 5.25. The zero-order valence-corrected chi connectivity index (χ0v) is 38.0. The summed E-state index contributed by atoms with van der Waals surface area (Å²) in [5.41, 5.74) is 15.6. The average molecular weight is 863 g/mol. The number of benzene rings is 10. The Kier molecular flexibility index (Phi) is 10.7. The van der Waals surface area contributed by atoms with Crippen LogP contribution in [0.5, 0.6) is 0 Å². The first kappa shape index (κ1) is 41.1. The molecule has 4 nitrogen and oxygen atoms in total. The molecule has 0 aliphatic carbocycles. The van der Waals surface area contributed by atoms with Crippen molar-refractivity contribution < 1.29 is 0 Å². The van der Waals surface area contributed by atoms with Crippen LogP contribution in [0.4, 0.5) is 5.69 Å². The fourth-order valence-corrected chi connectivity index (χ4v) is 9.92. The monoisotopic (exact) mass is 862 g/mol. The van der Waals surface area contributed by atoms with Gasteiger partial charge in [-0.25, -0.2) is 0 Å². The second kappa shape index (κ2) is 17.4. The third-order valence-electron chi connectivity index (χ3n) is 13.1. The molecular formula is C63H50N4. The highest BCUT2D eigenvalue weighted by Gasteiger charge is 2.18. The van der Waals surface area contributed by atoms with Crippen LogP contribution < -0.4 is 5.32 Å². The van der Waals surface area contributed by atoms with Gasteiger partial charge in [0.05, 0.1) is 22.1 Å². The van der Waals surface area contributed by atoms with Crippen molar-refractivity contribution in [3.05, 3.63) is 237 Å². The quantitative estimate of drug-likeness (QED) is 0.172. The van der Waals surface area contributed by atoms with Crippen molar-refractivity contribution in [2.75, 3.05) is 12.4 Å². The second-order valence-corrected chi connectivity index (χ2v) is 17.1. The van der Waals surface area contributed by atoms with Gasteiger partial charge >= 0.3 is 0 Å². The minimum atomic E-state index is 1.15. The maximum absolute atomic E-state index is 3.36. The zero-order chi connectivity index (χ0) is 45.4. The van der Waals surface area contributed by atoms with Crippen molar-refractivity contribution in [2.24, 2.45) is 7.05 Å². The predicted molar refractivity (Wildman–Crippen MR) is 289 cm³/mol. The van der Waals surface area contributed by atoms with Crippen LogP contribution in [0, 0.1) is 0 Å². The van der Waals surface area contributed by atoms with Crippen LogP contribution in [0.1, 0.15) is 6.92 Å². The summed E-state index contributed by atoms with van der Waals surface area (Å²) in [5.74, 6) is 0. The largest absolute Gasteiger partial charge is 0.388 e. The van der Waals surface area contributed by atoms with Crippen LogP contribution in [0.3, 0.4) is 0 Å². The van der Waals surface area contributed by atoms with E-state index in [9.17, 15) is 0 Å². The summed E-state index contributed by atoms with van der Waals surface area (Å²) in [6.07, 6.45) is 1.75. The van der Waals surface area contributed by atoms with Crippen molar-refractivity contribution in [2.45, 2.75) is 6.92 Å². The van der Waals surface area contributed by atoms with Crippen molar-refractivity contribution in [1.82, 2.24) is 13.7 Å². The number of nitrogens with zero attached hydrogens (tertiary/aromatic N) is 3. The molecule has 0 saturated carbocycles. The van der Waals surface area contributed by atoms with Crippen molar-refractivity contribution in [3.8, 4) is 33.6 Å². The predicted octanol–water partition coefficient (Wildman–Crippen LogP) is 16.9.